The summed E-state index contributed by atoms with van der Waals surface area (Å²) in [7, 11) is 0. The maximum atomic E-state index is 13.0. The highest BCUT2D eigenvalue weighted by Crippen LogP contribution is 2.33. The summed E-state index contributed by atoms with van der Waals surface area (Å²) in [5, 5.41) is 3.59. The van der Waals surface area contributed by atoms with Crippen molar-refractivity contribution in [2.75, 3.05) is 19.8 Å². The van der Waals surface area contributed by atoms with Gasteiger partial charge in [-0.2, -0.15) is 13.2 Å². The Hall–Kier alpha value is -1.60. The van der Waals surface area contributed by atoms with Crippen LogP contribution in [0, 0.1) is 5.92 Å². The Balaban J connectivity index is 1.54. The fraction of sp³-hybridized carbons (Fsp3) is 0.682. The van der Waals surface area contributed by atoms with Crippen LogP contribution in [-0.4, -0.2) is 42.6 Å². The molecule has 1 saturated carbocycles. The number of hydrogen-bond acceptors (Lipinski definition) is 3. The van der Waals surface area contributed by atoms with E-state index in [9.17, 15) is 18.0 Å². The van der Waals surface area contributed by atoms with Gasteiger partial charge in [0.25, 0.3) is 0 Å². The molecule has 1 aliphatic carbocycles. The smallest absolute Gasteiger partial charge is 0.382 e. The number of carbonyl (C=O) groups excluding carboxylic acids is 1. The molecular formula is C22H31F3N2O2. The van der Waals surface area contributed by atoms with Crippen LogP contribution in [-0.2, 0) is 28.7 Å². The van der Waals surface area contributed by atoms with Crippen molar-refractivity contribution in [3.8, 4) is 0 Å². The first-order valence-electron chi connectivity index (χ1n) is 10.6. The molecule has 3 unspecified atom stereocenters. The van der Waals surface area contributed by atoms with Crippen molar-refractivity contribution in [3.05, 3.63) is 34.9 Å². The van der Waals surface area contributed by atoms with E-state index in [4.69, 9.17) is 4.74 Å². The fourth-order valence-corrected chi connectivity index (χ4v) is 4.43. The molecule has 162 valence electrons. The fourth-order valence-electron chi connectivity index (χ4n) is 4.43. The first kappa shape index (κ1) is 22.1. The summed E-state index contributed by atoms with van der Waals surface area (Å²) in [6.45, 7) is 6.42. The van der Waals surface area contributed by atoms with Gasteiger partial charge in [-0.1, -0.05) is 6.07 Å². The number of hydrogen-bond donors (Lipinski definition) is 1. The van der Waals surface area contributed by atoms with Gasteiger partial charge in [0, 0.05) is 44.3 Å². The van der Waals surface area contributed by atoms with E-state index < -0.39 is 11.7 Å². The number of benzene rings is 1. The van der Waals surface area contributed by atoms with Crippen LogP contribution in [0.5, 0.6) is 0 Å². The van der Waals surface area contributed by atoms with Gasteiger partial charge in [0.2, 0.25) is 5.91 Å². The Morgan fingerprint density at radius 1 is 1.31 bits per heavy atom. The summed E-state index contributed by atoms with van der Waals surface area (Å²) in [4.78, 5) is 14.7. The zero-order valence-corrected chi connectivity index (χ0v) is 17.2. The number of ether oxygens (including phenoxy) is 1. The third-order valence-electron chi connectivity index (χ3n) is 6.06. The average Bonchev–Trinajstić information content (AvgIpc) is 3.14. The van der Waals surface area contributed by atoms with Crippen molar-refractivity contribution in [1.82, 2.24) is 10.2 Å². The van der Waals surface area contributed by atoms with E-state index in [1.54, 1.807) is 11.0 Å². The van der Waals surface area contributed by atoms with Crippen molar-refractivity contribution in [1.29, 1.82) is 0 Å². The maximum absolute atomic E-state index is 13.0. The molecule has 1 fully saturated rings. The Labute approximate surface area is 170 Å². The zero-order valence-electron chi connectivity index (χ0n) is 17.2. The summed E-state index contributed by atoms with van der Waals surface area (Å²) in [6.07, 6.45) is -0.220. The summed E-state index contributed by atoms with van der Waals surface area (Å²) in [5.74, 6) is 0.0401. The quantitative estimate of drug-likeness (QED) is 0.684. The topological polar surface area (TPSA) is 41.6 Å². The molecule has 0 spiro atoms. The third-order valence-corrected chi connectivity index (χ3v) is 6.06. The molecule has 1 aromatic carbocycles. The lowest BCUT2D eigenvalue weighted by molar-refractivity contribution is -0.137. The third kappa shape index (κ3) is 5.72. The van der Waals surface area contributed by atoms with E-state index in [2.05, 4.69) is 12.2 Å². The Bertz CT molecular complexity index is 708. The normalized spacial score (nSPS) is 23.1. The van der Waals surface area contributed by atoms with Gasteiger partial charge < -0.3 is 15.0 Å². The predicted molar refractivity (Wildman–Crippen MR) is 105 cm³/mol. The molecule has 0 aromatic heterocycles. The molecule has 0 saturated heterocycles. The molecule has 1 aliphatic heterocycles. The van der Waals surface area contributed by atoms with E-state index >= 15 is 0 Å². The van der Waals surface area contributed by atoms with Gasteiger partial charge in [-0.25, -0.2) is 0 Å². The zero-order chi connectivity index (χ0) is 21.0. The number of carbonyl (C=O) groups is 1. The van der Waals surface area contributed by atoms with Crippen LogP contribution in [0.3, 0.4) is 0 Å². The number of amides is 1. The van der Waals surface area contributed by atoms with E-state index in [1.807, 2.05) is 6.92 Å². The molecule has 0 bridgehead atoms. The highest BCUT2D eigenvalue weighted by Gasteiger charge is 2.35. The highest BCUT2D eigenvalue weighted by molar-refractivity contribution is 5.79. The second kappa shape index (κ2) is 9.47. The van der Waals surface area contributed by atoms with Crippen LogP contribution in [0.1, 0.15) is 56.2 Å². The molecule has 0 radical (unpaired) electrons. The lowest BCUT2D eigenvalue weighted by atomic mass is 9.95. The van der Waals surface area contributed by atoms with Gasteiger partial charge in [0.1, 0.15) is 0 Å². The van der Waals surface area contributed by atoms with Crippen molar-refractivity contribution < 1.29 is 22.7 Å². The summed E-state index contributed by atoms with van der Waals surface area (Å²) < 4.78 is 44.4. The number of alkyl halides is 3. The lowest BCUT2D eigenvalue weighted by Gasteiger charge is -2.31. The van der Waals surface area contributed by atoms with Crippen LogP contribution in [0.2, 0.25) is 0 Å². The monoisotopic (exact) mass is 412 g/mol. The Kier molecular flexibility index (Phi) is 7.22. The van der Waals surface area contributed by atoms with E-state index in [1.165, 1.54) is 6.07 Å². The molecule has 7 heteroatoms. The van der Waals surface area contributed by atoms with Crippen LogP contribution >= 0.6 is 0 Å². The van der Waals surface area contributed by atoms with Gasteiger partial charge in [-0.3, -0.25) is 4.79 Å². The second-order valence-electron chi connectivity index (χ2n) is 8.25. The van der Waals surface area contributed by atoms with E-state index in [-0.39, 0.29) is 18.4 Å². The summed E-state index contributed by atoms with van der Waals surface area (Å²) in [6, 6.07) is 4.54. The van der Waals surface area contributed by atoms with Crippen LogP contribution in [0.25, 0.3) is 0 Å². The minimum absolute atomic E-state index is 0.0426. The molecule has 29 heavy (non-hydrogen) atoms. The maximum Gasteiger partial charge on any atom is 0.416 e. The van der Waals surface area contributed by atoms with Gasteiger partial charge in [0.15, 0.2) is 0 Å². The summed E-state index contributed by atoms with van der Waals surface area (Å²) in [5.41, 5.74) is 0.893. The van der Waals surface area contributed by atoms with Gasteiger partial charge in [-0.15, -0.1) is 0 Å². The predicted octanol–water partition coefficient (Wildman–Crippen LogP) is 4.16. The van der Waals surface area contributed by atoms with Crippen LogP contribution in [0.15, 0.2) is 18.2 Å². The molecule has 1 amide bonds. The van der Waals surface area contributed by atoms with Crippen LogP contribution < -0.4 is 5.32 Å². The van der Waals surface area contributed by atoms with Gasteiger partial charge in [-0.05, 0) is 69.2 Å². The minimum atomic E-state index is -4.36. The largest absolute Gasteiger partial charge is 0.416 e. The van der Waals surface area contributed by atoms with Gasteiger partial charge >= 0.3 is 6.18 Å². The molecule has 1 heterocycles. The number of fused-ring (bicyclic) bond motifs is 1. The summed E-state index contributed by atoms with van der Waals surface area (Å²) >= 11 is 0. The molecule has 2 aliphatic rings. The molecule has 3 atom stereocenters. The van der Waals surface area contributed by atoms with Crippen molar-refractivity contribution in [3.63, 3.8) is 0 Å². The Morgan fingerprint density at radius 3 is 2.83 bits per heavy atom. The van der Waals surface area contributed by atoms with Crippen LogP contribution in [0.4, 0.5) is 13.2 Å². The lowest BCUT2D eigenvalue weighted by Crippen LogP contribution is -2.40. The number of rotatable bonds is 7. The number of nitrogens with one attached hydrogen (secondary N) is 1. The standard InChI is InChI=1S/C22H31F3N2O2/c1-3-29-11-9-15(2)26-20-7-5-17(13-20)21(28)27-10-8-16-4-6-19(22(23,24)25)12-18(16)14-27/h4,6,12,15,17,20,26H,3,5,7-11,13-14H2,1-2H3. The SMILES string of the molecule is CCOCCC(C)NC1CCC(C(=O)N2CCc3ccc(C(F)(F)F)cc3C2)C1. The highest BCUT2D eigenvalue weighted by atomic mass is 19.4. The molecule has 4 nitrogen and oxygen atoms in total. The average molecular weight is 412 g/mol. The molecular weight excluding hydrogens is 381 g/mol. The number of halogens is 3. The first-order valence-corrected chi connectivity index (χ1v) is 10.6. The second-order valence-corrected chi connectivity index (χ2v) is 8.25. The van der Waals surface area contributed by atoms with E-state index in [0.29, 0.717) is 30.6 Å². The van der Waals surface area contributed by atoms with Crippen molar-refractivity contribution in [2.24, 2.45) is 5.92 Å². The van der Waals surface area contributed by atoms with Crippen molar-refractivity contribution in [2.45, 2.75) is 70.8 Å². The minimum Gasteiger partial charge on any atom is -0.382 e. The first-order chi connectivity index (χ1) is 13.8. The molecule has 1 N–H and O–H groups in total. The Morgan fingerprint density at radius 2 is 2.10 bits per heavy atom. The van der Waals surface area contributed by atoms with E-state index in [0.717, 1.165) is 50.5 Å². The number of nitrogens with zero attached hydrogens (tertiary/aromatic N) is 1. The molecule has 3 rings (SSSR count). The van der Waals surface area contributed by atoms with Gasteiger partial charge in [0.05, 0.1) is 5.56 Å². The van der Waals surface area contributed by atoms with Crippen molar-refractivity contribution >= 4 is 5.91 Å². The molecule has 1 aromatic rings.